The summed E-state index contributed by atoms with van der Waals surface area (Å²) in [4.78, 5) is 13.7. The number of amides is 1. The zero-order chi connectivity index (χ0) is 11.3. The SMILES string of the molecule is CCc1ccc(C(=O)N(CC)CCBr)o1. The summed E-state index contributed by atoms with van der Waals surface area (Å²) in [5.74, 6) is 1.26. The van der Waals surface area contributed by atoms with E-state index in [4.69, 9.17) is 4.42 Å². The Hall–Kier alpha value is -0.770. The molecule has 0 unspecified atom stereocenters. The van der Waals surface area contributed by atoms with E-state index < -0.39 is 0 Å². The average molecular weight is 274 g/mol. The van der Waals surface area contributed by atoms with Crippen LogP contribution in [0.25, 0.3) is 0 Å². The van der Waals surface area contributed by atoms with Gasteiger partial charge in [0, 0.05) is 24.8 Å². The van der Waals surface area contributed by atoms with E-state index in [0.29, 0.717) is 18.8 Å². The van der Waals surface area contributed by atoms with Crippen molar-refractivity contribution in [3.63, 3.8) is 0 Å². The maximum atomic E-state index is 11.9. The van der Waals surface area contributed by atoms with Crippen molar-refractivity contribution in [2.45, 2.75) is 20.3 Å². The number of nitrogens with zero attached hydrogens (tertiary/aromatic N) is 1. The molecule has 0 saturated heterocycles. The molecular weight excluding hydrogens is 258 g/mol. The molecular formula is C11H16BrNO2. The van der Waals surface area contributed by atoms with Gasteiger partial charge in [0.05, 0.1) is 0 Å². The van der Waals surface area contributed by atoms with Crippen LogP contribution in [-0.4, -0.2) is 29.2 Å². The van der Waals surface area contributed by atoms with E-state index >= 15 is 0 Å². The molecule has 0 aliphatic carbocycles. The fraction of sp³-hybridized carbons (Fsp3) is 0.545. The molecule has 1 aromatic heterocycles. The van der Waals surface area contributed by atoms with Crippen LogP contribution in [-0.2, 0) is 6.42 Å². The number of furan rings is 1. The van der Waals surface area contributed by atoms with Crippen LogP contribution in [0.2, 0.25) is 0 Å². The van der Waals surface area contributed by atoms with Crippen LogP contribution in [0.5, 0.6) is 0 Å². The molecule has 0 aromatic carbocycles. The molecule has 0 atom stereocenters. The van der Waals surface area contributed by atoms with Crippen LogP contribution in [0.3, 0.4) is 0 Å². The van der Waals surface area contributed by atoms with Gasteiger partial charge in [-0.2, -0.15) is 0 Å². The summed E-state index contributed by atoms with van der Waals surface area (Å²) in [7, 11) is 0. The quantitative estimate of drug-likeness (QED) is 0.773. The maximum absolute atomic E-state index is 11.9. The molecule has 1 rings (SSSR count). The number of aryl methyl sites for hydroxylation is 1. The summed E-state index contributed by atoms with van der Waals surface area (Å²) in [6.45, 7) is 5.37. The lowest BCUT2D eigenvalue weighted by atomic mass is 10.3. The van der Waals surface area contributed by atoms with Gasteiger partial charge in [0.2, 0.25) is 0 Å². The number of halogens is 1. The predicted octanol–water partition coefficient (Wildman–Crippen LogP) is 2.70. The van der Waals surface area contributed by atoms with Gasteiger partial charge in [0.1, 0.15) is 5.76 Å². The van der Waals surface area contributed by atoms with Gasteiger partial charge in [-0.3, -0.25) is 4.79 Å². The van der Waals surface area contributed by atoms with Crippen molar-refractivity contribution in [1.29, 1.82) is 0 Å². The third kappa shape index (κ3) is 3.09. The predicted molar refractivity (Wildman–Crippen MR) is 63.5 cm³/mol. The molecule has 0 radical (unpaired) electrons. The zero-order valence-corrected chi connectivity index (χ0v) is 10.7. The Bertz CT molecular complexity index is 322. The van der Waals surface area contributed by atoms with Crippen molar-refractivity contribution >= 4 is 21.8 Å². The van der Waals surface area contributed by atoms with Gasteiger partial charge >= 0.3 is 0 Å². The highest BCUT2D eigenvalue weighted by Crippen LogP contribution is 2.11. The van der Waals surface area contributed by atoms with Gasteiger partial charge in [-0.1, -0.05) is 22.9 Å². The van der Waals surface area contributed by atoms with Crippen LogP contribution in [0.1, 0.15) is 30.2 Å². The average Bonchev–Trinajstić information content (AvgIpc) is 2.73. The van der Waals surface area contributed by atoms with Crippen molar-refractivity contribution in [3.8, 4) is 0 Å². The number of hydrogen-bond acceptors (Lipinski definition) is 2. The number of carbonyl (C=O) groups excluding carboxylic acids is 1. The Morgan fingerprint density at radius 3 is 2.67 bits per heavy atom. The maximum Gasteiger partial charge on any atom is 0.289 e. The van der Waals surface area contributed by atoms with Gasteiger partial charge in [0.25, 0.3) is 5.91 Å². The number of hydrogen-bond donors (Lipinski definition) is 0. The Balaban J connectivity index is 2.73. The Labute approximate surface area is 98.6 Å². The Kier molecular flexibility index (Phi) is 4.88. The monoisotopic (exact) mass is 273 g/mol. The standard InChI is InChI=1S/C11H16BrNO2/c1-3-9-5-6-10(15-9)11(14)13(4-2)8-7-12/h5-6H,3-4,7-8H2,1-2H3. The first kappa shape index (κ1) is 12.3. The van der Waals surface area contributed by atoms with Gasteiger partial charge < -0.3 is 9.32 Å². The summed E-state index contributed by atoms with van der Waals surface area (Å²) in [5, 5.41) is 0.786. The molecule has 0 fully saturated rings. The lowest BCUT2D eigenvalue weighted by Crippen LogP contribution is -2.32. The number of rotatable bonds is 5. The molecule has 0 aliphatic rings. The third-order valence-electron chi connectivity index (χ3n) is 2.24. The topological polar surface area (TPSA) is 33.5 Å². The summed E-state index contributed by atoms with van der Waals surface area (Å²) in [6.07, 6.45) is 0.817. The van der Waals surface area contributed by atoms with Crippen molar-refractivity contribution in [2.75, 3.05) is 18.4 Å². The van der Waals surface area contributed by atoms with Crippen LogP contribution in [0.15, 0.2) is 16.5 Å². The first-order valence-electron chi connectivity index (χ1n) is 5.16. The van der Waals surface area contributed by atoms with E-state index in [9.17, 15) is 4.79 Å². The van der Waals surface area contributed by atoms with Crippen molar-refractivity contribution in [3.05, 3.63) is 23.7 Å². The highest BCUT2D eigenvalue weighted by Gasteiger charge is 2.16. The fourth-order valence-corrected chi connectivity index (χ4v) is 1.77. The molecule has 0 N–H and O–H groups in total. The highest BCUT2D eigenvalue weighted by atomic mass is 79.9. The Morgan fingerprint density at radius 1 is 1.47 bits per heavy atom. The molecule has 0 bridgehead atoms. The molecule has 1 amide bonds. The first-order chi connectivity index (χ1) is 7.22. The Morgan fingerprint density at radius 2 is 2.20 bits per heavy atom. The van der Waals surface area contributed by atoms with Crippen molar-refractivity contribution < 1.29 is 9.21 Å². The molecule has 0 spiro atoms. The minimum absolute atomic E-state index is 0.0309. The molecule has 1 aromatic rings. The van der Waals surface area contributed by atoms with Crippen LogP contribution in [0, 0.1) is 0 Å². The third-order valence-corrected chi connectivity index (χ3v) is 2.60. The lowest BCUT2D eigenvalue weighted by molar-refractivity contribution is 0.0741. The van der Waals surface area contributed by atoms with E-state index in [1.54, 1.807) is 11.0 Å². The summed E-state index contributed by atoms with van der Waals surface area (Å²) >= 11 is 3.33. The van der Waals surface area contributed by atoms with Gasteiger partial charge in [-0.05, 0) is 19.1 Å². The van der Waals surface area contributed by atoms with Crippen molar-refractivity contribution in [2.24, 2.45) is 0 Å². The summed E-state index contributed by atoms with van der Waals surface area (Å²) in [6, 6.07) is 3.60. The normalized spacial score (nSPS) is 10.3. The lowest BCUT2D eigenvalue weighted by Gasteiger charge is -2.17. The second-order valence-electron chi connectivity index (χ2n) is 3.19. The smallest absolute Gasteiger partial charge is 0.289 e. The van der Waals surface area contributed by atoms with E-state index in [2.05, 4.69) is 15.9 Å². The van der Waals surface area contributed by atoms with Crippen LogP contribution < -0.4 is 0 Å². The van der Waals surface area contributed by atoms with E-state index in [1.807, 2.05) is 19.9 Å². The van der Waals surface area contributed by atoms with Gasteiger partial charge in [-0.15, -0.1) is 0 Å². The molecule has 3 nitrogen and oxygen atoms in total. The van der Waals surface area contributed by atoms with Crippen LogP contribution in [0.4, 0.5) is 0 Å². The van der Waals surface area contributed by atoms with E-state index in [-0.39, 0.29) is 5.91 Å². The van der Waals surface area contributed by atoms with E-state index in [1.165, 1.54) is 0 Å². The van der Waals surface area contributed by atoms with Crippen molar-refractivity contribution in [1.82, 2.24) is 4.90 Å². The first-order valence-corrected chi connectivity index (χ1v) is 6.29. The summed E-state index contributed by atoms with van der Waals surface area (Å²) < 4.78 is 5.42. The largest absolute Gasteiger partial charge is 0.456 e. The molecule has 0 saturated carbocycles. The van der Waals surface area contributed by atoms with E-state index in [0.717, 1.165) is 17.5 Å². The molecule has 84 valence electrons. The molecule has 4 heteroatoms. The second-order valence-corrected chi connectivity index (χ2v) is 3.99. The minimum Gasteiger partial charge on any atom is -0.456 e. The molecule has 0 aliphatic heterocycles. The second kappa shape index (κ2) is 5.95. The minimum atomic E-state index is -0.0309. The zero-order valence-electron chi connectivity index (χ0n) is 9.12. The number of alkyl halides is 1. The summed E-state index contributed by atoms with van der Waals surface area (Å²) in [5.41, 5.74) is 0. The molecule has 1 heterocycles. The molecule has 15 heavy (non-hydrogen) atoms. The van der Waals surface area contributed by atoms with Gasteiger partial charge in [0.15, 0.2) is 5.76 Å². The van der Waals surface area contributed by atoms with Crippen LogP contribution >= 0.6 is 15.9 Å². The number of carbonyl (C=O) groups is 1. The highest BCUT2D eigenvalue weighted by molar-refractivity contribution is 9.09. The fourth-order valence-electron chi connectivity index (χ4n) is 1.34. The van der Waals surface area contributed by atoms with Gasteiger partial charge in [-0.25, -0.2) is 0 Å².